The summed E-state index contributed by atoms with van der Waals surface area (Å²) in [6.45, 7) is 6.59. The second kappa shape index (κ2) is 8.36. The van der Waals surface area contributed by atoms with Gasteiger partial charge in [0.05, 0.1) is 22.6 Å². The van der Waals surface area contributed by atoms with Gasteiger partial charge in [0, 0.05) is 18.8 Å². The molecule has 2 N–H and O–H groups in total. The van der Waals surface area contributed by atoms with Gasteiger partial charge in [-0.2, -0.15) is 5.10 Å². The Morgan fingerprint density at radius 2 is 1.86 bits per heavy atom. The van der Waals surface area contributed by atoms with Crippen molar-refractivity contribution in [2.24, 2.45) is 7.05 Å². The summed E-state index contributed by atoms with van der Waals surface area (Å²) in [5.41, 5.74) is 3.44. The van der Waals surface area contributed by atoms with Crippen LogP contribution in [0.5, 0.6) is 0 Å². The smallest absolute Gasteiger partial charge is 0.342 e. The second-order valence-electron chi connectivity index (χ2n) is 7.30. The molecular weight excluding hydrogens is 392 g/mol. The van der Waals surface area contributed by atoms with Gasteiger partial charge >= 0.3 is 5.97 Å². The summed E-state index contributed by atoms with van der Waals surface area (Å²) in [5, 5.41) is 10.3. The molecule has 3 rings (SSSR count). The third-order valence-corrected chi connectivity index (χ3v) is 6.28. The molecule has 0 radical (unpaired) electrons. The molecule has 1 atom stereocenters. The number of nitrogens with one attached hydrogen (secondary N) is 2. The molecule has 0 aromatic carbocycles. The first-order chi connectivity index (χ1) is 13.7. The van der Waals surface area contributed by atoms with Crippen LogP contribution in [0.1, 0.15) is 58.9 Å². The van der Waals surface area contributed by atoms with Crippen LogP contribution in [0.4, 0.5) is 10.7 Å². The number of ether oxygens (including phenoxy) is 1. The van der Waals surface area contributed by atoms with Crippen molar-refractivity contribution in [1.82, 2.24) is 9.78 Å². The summed E-state index contributed by atoms with van der Waals surface area (Å²) in [6.07, 6.45) is 2.70. The van der Waals surface area contributed by atoms with Gasteiger partial charge in [-0.05, 0) is 52.0 Å². The van der Waals surface area contributed by atoms with E-state index in [1.165, 1.54) is 25.2 Å². The van der Waals surface area contributed by atoms with Crippen LogP contribution in [0.3, 0.4) is 0 Å². The van der Waals surface area contributed by atoms with E-state index in [4.69, 9.17) is 4.74 Å². The normalized spacial score (nSPS) is 14.1. The quantitative estimate of drug-likeness (QED) is 0.727. The number of fused-ring (bicyclic) bond motifs is 1. The number of hydrogen-bond acceptors (Lipinski definition) is 6. The molecule has 0 spiro atoms. The number of carbonyl (C=O) groups excluding carboxylic acids is 3. The third-order valence-electron chi connectivity index (χ3n) is 5.08. The molecule has 0 fully saturated rings. The minimum Gasteiger partial charge on any atom is -0.449 e. The molecule has 1 unspecified atom stereocenters. The predicted octanol–water partition coefficient (Wildman–Crippen LogP) is 3.12. The number of nitrogens with zero attached hydrogens (tertiary/aromatic N) is 2. The predicted molar refractivity (Wildman–Crippen MR) is 111 cm³/mol. The molecule has 0 saturated carbocycles. The summed E-state index contributed by atoms with van der Waals surface area (Å²) in [4.78, 5) is 38.2. The topological polar surface area (TPSA) is 102 Å². The van der Waals surface area contributed by atoms with Crippen molar-refractivity contribution >= 4 is 39.8 Å². The summed E-state index contributed by atoms with van der Waals surface area (Å²) in [7, 11) is 1.80. The van der Waals surface area contributed by atoms with Crippen LogP contribution in [0, 0.1) is 13.8 Å². The molecule has 0 bridgehead atoms. The van der Waals surface area contributed by atoms with Gasteiger partial charge in [0.2, 0.25) is 5.91 Å². The summed E-state index contributed by atoms with van der Waals surface area (Å²) in [5.74, 6) is -1.26. The van der Waals surface area contributed by atoms with E-state index in [0.717, 1.165) is 41.8 Å². The Labute approximate surface area is 173 Å². The lowest BCUT2D eigenvalue weighted by Crippen LogP contribution is -2.30. The number of aryl methyl sites for hydroxylation is 3. The Morgan fingerprint density at radius 3 is 2.48 bits per heavy atom. The molecule has 0 saturated heterocycles. The van der Waals surface area contributed by atoms with Crippen LogP contribution >= 0.6 is 11.3 Å². The number of aromatic nitrogens is 2. The maximum absolute atomic E-state index is 12.9. The van der Waals surface area contributed by atoms with E-state index < -0.39 is 18.0 Å². The van der Waals surface area contributed by atoms with Crippen LogP contribution in [-0.4, -0.2) is 33.7 Å². The average Bonchev–Trinajstić information content (AvgIpc) is 3.12. The summed E-state index contributed by atoms with van der Waals surface area (Å²) < 4.78 is 7.16. The number of rotatable bonds is 5. The first-order valence-corrected chi connectivity index (χ1v) is 10.4. The molecule has 8 nitrogen and oxygen atoms in total. The first kappa shape index (κ1) is 21.0. The lowest BCUT2D eigenvalue weighted by atomic mass is 9.95. The standard InChI is InChI=1S/C20H26N4O4S/c1-10-17(11(2)24(5)23-10)22-18(26)12(3)28-20(27)16-14-8-6-7-9-15(14)29-19(16)21-13(4)25/h12H,6-9H2,1-5H3,(H,21,25)(H,22,26). The molecule has 156 valence electrons. The van der Waals surface area contributed by atoms with Gasteiger partial charge in [0.15, 0.2) is 6.10 Å². The Morgan fingerprint density at radius 1 is 1.17 bits per heavy atom. The van der Waals surface area contributed by atoms with Crippen LogP contribution in [0.15, 0.2) is 0 Å². The molecule has 9 heteroatoms. The highest BCUT2D eigenvalue weighted by Crippen LogP contribution is 2.38. The zero-order valence-electron chi connectivity index (χ0n) is 17.3. The van der Waals surface area contributed by atoms with E-state index in [1.54, 1.807) is 18.7 Å². The zero-order chi connectivity index (χ0) is 21.3. The number of esters is 1. The third kappa shape index (κ3) is 4.34. The second-order valence-corrected chi connectivity index (χ2v) is 8.41. The Balaban J connectivity index is 1.78. The average molecular weight is 419 g/mol. The molecule has 29 heavy (non-hydrogen) atoms. The van der Waals surface area contributed by atoms with Crippen molar-refractivity contribution in [3.05, 3.63) is 27.4 Å². The number of anilines is 2. The van der Waals surface area contributed by atoms with Gasteiger partial charge in [-0.1, -0.05) is 0 Å². The van der Waals surface area contributed by atoms with Crippen molar-refractivity contribution in [2.45, 2.75) is 59.5 Å². The van der Waals surface area contributed by atoms with Crippen molar-refractivity contribution in [3.8, 4) is 0 Å². The number of thiophene rings is 1. The van der Waals surface area contributed by atoms with E-state index in [2.05, 4.69) is 15.7 Å². The molecule has 1 aliphatic carbocycles. The van der Waals surface area contributed by atoms with Crippen molar-refractivity contribution in [2.75, 3.05) is 10.6 Å². The van der Waals surface area contributed by atoms with Crippen LogP contribution in [0.25, 0.3) is 0 Å². The highest BCUT2D eigenvalue weighted by atomic mass is 32.1. The fourth-order valence-corrected chi connectivity index (χ4v) is 4.81. The maximum atomic E-state index is 12.9. The molecule has 1 aliphatic rings. The highest BCUT2D eigenvalue weighted by Gasteiger charge is 2.29. The van der Waals surface area contributed by atoms with Gasteiger partial charge in [0.25, 0.3) is 5.91 Å². The molecule has 2 aromatic rings. The zero-order valence-corrected chi connectivity index (χ0v) is 18.2. The van der Waals surface area contributed by atoms with Gasteiger partial charge in [-0.25, -0.2) is 4.79 Å². The Bertz CT molecular complexity index is 976. The van der Waals surface area contributed by atoms with Gasteiger partial charge in [-0.3, -0.25) is 14.3 Å². The Kier molecular flexibility index (Phi) is 6.07. The monoisotopic (exact) mass is 418 g/mol. The molecule has 0 aliphatic heterocycles. The molecule has 2 amide bonds. The summed E-state index contributed by atoms with van der Waals surface area (Å²) >= 11 is 1.42. The largest absolute Gasteiger partial charge is 0.449 e. The minimum atomic E-state index is -0.995. The van der Waals surface area contributed by atoms with Crippen molar-refractivity contribution in [1.29, 1.82) is 0 Å². The minimum absolute atomic E-state index is 0.244. The SMILES string of the molecule is CC(=O)Nc1sc2c(c1C(=O)OC(C)C(=O)Nc1c(C)nn(C)c1C)CCCC2. The van der Waals surface area contributed by atoms with E-state index >= 15 is 0 Å². The van der Waals surface area contributed by atoms with Crippen LogP contribution in [0.2, 0.25) is 0 Å². The van der Waals surface area contributed by atoms with Gasteiger partial charge in [0.1, 0.15) is 5.00 Å². The van der Waals surface area contributed by atoms with Crippen LogP contribution < -0.4 is 10.6 Å². The van der Waals surface area contributed by atoms with Gasteiger partial charge in [-0.15, -0.1) is 11.3 Å². The van der Waals surface area contributed by atoms with Crippen molar-refractivity contribution in [3.63, 3.8) is 0 Å². The number of amides is 2. The van der Waals surface area contributed by atoms with Crippen LogP contribution in [-0.2, 0) is 34.2 Å². The highest BCUT2D eigenvalue weighted by molar-refractivity contribution is 7.17. The molecular formula is C20H26N4O4S. The maximum Gasteiger partial charge on any atom is 0.342 e. The first-order valence-electron chi connectivity index (χ1n) is 9.63. The van der Waals surface area contributed by atoms with Gasteiger partial charge < -0.3 is 15.4 Å². The number of hydrogen-bond donors (Lipinski definition) is 2. The fourth-order valence-electron chi connectivity index (χ4n) is 3.48. The molecule has 2 heterocycles. The van der Waals surface area contributed by atoms with Crippen molar-refractivity contribution < 1.29 is 19.1 Å². The lowest BCUT2D eigenvalue weighted by Gasteiger charge is -2.16. The summed E-state index contributed by atoms with van der Waals surface area (Å²) in [6, 6.07) is 0. The van der Waals surface area contributed by atoms with E-state index in [0.29, 0.717) is 21.9 Å². The van der Waals surface area contributed by atoms with E-state index in [1.807, 2.05) is 6.92 Å². The lowest BCUT2D eigenvalue weighted by molar-refractivity contribution is -0.123. The van der Waals surface area contributed by atoms with E-state index in [-0.39, 0.29) is 5.91 Å². The van der Waals surface area contributed by atoms with E-state index in [9.17, 15) is 14.4 Å². The Hall–Kier alpha value is -2.68. The molecule has 2 aromatic heterocycles. The fraction of sp³-hybridized carbons (Fsp3) is 0.500. The number of carbonyl (C=O) groups is 3.